The Bertz CT molecular complexity index is 1080. The topological polar surface area (TPSA) is 84.3 Å². The fourth-order valence-corrected chi connectivity index (χ4v) is 4.61. The molecule has 30 heavy (non-hydrogen) atoms. The average molecular weight is 447 g/mol. The lowest BCUT2D eigenvalue weighted by molar-refractivity contribution is -0.119. The van der Waals surface area contributed by atoms with Gasteiger partial charge in [-0.25, -0.2) is 13.4 Å². The van der Waals surface area contributed by atoms with E-state index in [2.05, 4.69) is 10.3 Å². The molecule has 7 nitrogen and oxygen atoms in total. The number of nitrogens with one attached hydrogen (secondary N) is 1. The predicted octanol–water partition coefficient (Wildman–Crippen LogP) is 3.25. The first-order valence-electron chi connectivity index (χ1n) is 9.44. The number of carbonyl (C=O) groups is 1. The summed E-state index contributed by atoms with van der Waals surface area (Å²) in [6, 6.07) is 13.1. The highest BCUT2D eigenvalue weighted by atomic mass is 35.5. The number of rotatable bonds is 9. The predicted molar refractivity (Wildman–Crippen MR) is 117 cm³/mol. The third kappa shape index (κ3) is 5.40. The molecule has 1 heterocycles. The molecule has 0 bridgehead atoms. The van der Waals surface area contributed by atoms with Gasteiger partial charge in [0.15, 0.2) is 0 Å². The van der Waals surface area contributed by atoms with Gasteiger partial charge in [-0.2, -0.15) is 0 Å². The van der Waals surface area contributed by atoms with Crippen LogP contribution >= 0.6 is 11.6 Å². The minimum absolute atomic E-state index is 0.0981. The first kappa shape index (κ1) is 21.9. The normalized spacial score (nSPS) is 11.3. The number of anilines is 1. The molecule has 0 spiro atoms. The molecule has 0 saturated heterocycles. The van der Waals surface area contributed by atoms with Crippen LogP contribution in [0.25, 0.3) is 0 Å². The average Bonchev–Trinajstić information content (AvgIpc) is 3.24. The third-order valence-electron chi connectivity index (χ3n) is 4.49. The van der Waals surface area contributed by atoms with Crippen LogP contribution in [0, 0.1) is 6.92 Å². The van der Waals surface area contributed by atoms with Crippen molar-refractivity contribution in [3.63, 3.8) is 0 Å². The number of aryl methyl sites for hydroxylation is 2. The Hall–Kier alpha value is -2.84. The van der Waals surface area contributed by atoms with Crippen molar-refractivity contribution in [1.29, 1.82) is 0 Å². The summed E-state index contributed by atoms with van der Waals surface area (Å²) in [6.07, 6.45) is 5.93. The Morgan fingerprint density at radius 3 is 2.57 bits per heavy atom. The standard InChI is InChI=1S/C21H23ClN4O3S/c1-17-7-9-18(10-8-17)30(28,29)26(20-6-3-2-5-19(20)22)15-21(27)24-11-4-13-25-14-12-23-16-25/h2-3,5-10,12,14,16H,4,11,13,15H2,1H3,(H,24,27). The zero-order valence-electron chi connectivity index (χ0n) is 16.5. The summed E-state index contributed by atoms with van der Waals surface area (Å²) in [7, 11) is -3.98. The summed E-state index contributed by atoms with van der Waals surface area (Å²) in [4.78, 5) is 16.6. The van der Waals surface area contributed by atoms with Crippen molar-refractivity contribution in [1.82, 2.24) is 14.9 Å². The van der Waals surface area contributed by atoms with E-state index in [-0.39, 0.29) is 22.2 Å². The Labute approximate surface area is 181 Å². The van der Waals surface area contributed by atoms with E-state index in [9.17, 15) is 13.2 Å². The first-order valence-corrected chi connectivity index (χ1v) is 11.3. The maximum atomic E-state index is 13.3. The van der Waals surface area contributed by atoms with Gasteiger partial charge in [-0.3, -0.25) is 9.10 Å². The van der Waals surface area contributed by atoms with Crippen LogP contribution < -0.4 is 9.62 Å². The summed E-state index contributed by atoms with van der Waals surface area (Å²) in [5, 5.41) is 3.03. The number of benzene rings is 2. The first-order chi connectivity index (χ1) is 14.4. The van der Waals surface area contributed by atoms with Crippen LogP contribution in [0.15, 0.2) is 72.1 Å². The number of carbonyl (C=O) groups excluding carboxylic acids is 1. The molecule has 1 N–H and O–H groups in total. The highest BCUT2D eigenvalue weighted by molar-refractivity contribution is 7.92. The number of hydrogen-bond donors (Lipinski definition) is 1. The van der Waals surface area contributed by atoms with Crippen LogP contribution in [0.2, 0.25) is 5.02 Å². The van der Waals surface area contributed by atoms with Crippen LogP contribution in [-0.2, 0) is 21.4 Å². The van der Waals surface area contributed by atoms with Gasteiger partial charge < -0.3 is 9.88 Å². The lowest BCUT2D eigenvalue weighted by Gasteiger charge is -2.25. The molecule has 0 saturated carbocycles. The Balaban J connectivity index is 1.75. The Morgan fingerprint density at radius 2 is 1.90 bits per heavy atom. The van der Waals surface area contributed by atoms with Crippen LogP contribution in [0.4, 0.5) is 5.69 Å². The van der Waals surface area contributed by atoms with Gasteiger partial charge in [0, 0.05) is 25.5 Å². The Kier molecular flexibility index (Phi) is 7.12. The van der Waals surface area contributed by atoms with E-state index in [0.29, 0.717) is 19.5 Å². The molecule has 1 aromatic heterocycles. The number of amides is 1. The number of sulfonamides is 1. The van der Waals surface area contributed by atoms with Crippen molar-refractivity contribution in [2.24, 2.45) is 0 Å². The van der Waals surface area contributed by atoms with E-state index in [0.717, 1.165) is 9.87 Å². The van der Waals surface area contributed by atoms with Crippen LogP contribution in [-0.4, -0.2) is 37.0 Å². The second kappa shape index (κ2) is 9.77. The number of halogens is 1. The molecule has 0 atom stereocenters. The largest absolute Gasteiger partial charge is 0.354 e. The number of aromatic nitrogens is 2. The van der Waals surface area contributed by atoms with E-state index in [1.807, 2.05) is 17.7 Å². The fourth-order valence-electron chi connectivity index (χ4n) is 2.89. The molecule has 1 amide bonds. The highest BCUT2D eigenvalue weighted by Gasteiger charge is 2.28. The summed E-state index contributed by atoms with van der Waals surface area (Å²) >= 11 is 6.26. The van der Waals surface area contributed by atoms with Gasteiger partial charge in [0.1, 0.15) is 6.54 Å². The van der Waals surface area contributed by atoms with Crippen molar-refractivity contribution in [3.8, 4) is 0 Å². The van der Waals surface area contributed by atoms with Crippen molar-refractivity contribution in [2.75, 3.05) is 17.4 Å². The number of imidazole rings is 1. The van der Waals surface area contributed by atoms with Crippen molar-refractivity contribution >= 4 is 33.2 Å². The number of para-hydroxylation sites is 1. The highest BCUT2D eigenvalue weighted by Crippen LogP contribution is 2.30. The molecule has 0 aliphatic heterocycles. The van der Waals surface area contributed by atoms with E-state index >= 15 is 0 Å². The molecule has 0 aliphatic rings. The maximum absolute atomic E-state index is 13.3. The van der Waals surface area contributed by atoms with E-state index in [1.54, 1.807) is 48.9 Å². The molecule has 3 aromatic rings. The van der Waals surface area contributed by atoms with E-state index < -0.39 is 15.9 Å². The zero-order chi connectivity index (χ0) is 21.6. The van der Waals surface area contributed by atoms with Gasteiger partial charge in [0.05, 0.1) is 21.9 Å². The molecule has 158 valence electrons. The van der Waals surface area contributed by atoms with Crippen LogP contribution in [0.5, 0.6) is 0 Å². The lowest BCUT2D eigenvalue weighted by Crippen LogP contribution is -2.41. The van der Waals surface area contributed by atoms with Gasteiger partial charge in [0.2, 0.25) is 5.91 Å². The quantitative estimate of drug-likeness (QED) is 0.511. The molecular formula is C21H23ClN4O3S. The lowest BCUT2D eigenvalue weighted by atomic mass is 10.2. The second-order valence-corrected chi connectivity index (χ2v) is 9.05. The summed E-state index contributed by atoms with van der Waals surface area (Å²) in [5.41, 5.74) is 1.20. The van der Waals surface area contributed by atoms with Gasteiger partial charge in [-0.05, 0) is 37.6 Å². The summed E-state index contributed by atoms with van der Waals surface area (Å²) in [6.45, 7) is 2.62. The minimum Gasteiger partial charge on any atom is -0.354 e. The molecule has 3 rings (SSSR count). The second-order valence-electron chi connectivity index (χ2n) is 6.78. The van der Waals surface area contributed by atoms with Gasteiger partial charge in [-0.15, -0.1) is 0 Å². The SMILES string of the molecule is Cc1ccc(S(=O)(=O)N(CC(=O)NCCCn2ccnc2)c2ccccc2Cl)cc1. The van der Waals surface area contributed by atoms with E-state index in [1.165, 1.54) is 12.1 Å². The summed E-state index contributed by atoms with van der Waals surface area (Å²) in [5.74, 6) is -0.406. The molecular weight excluding hydrogens is 424 g/mol. The van der Waals surface area contributed by atoms with Crippen LogP contribution in [0.3, 0.4) is 0 Å². The van der Waals surface area contributed by atoms with E-state index in [4.69, 9.17) is 11.6 Å². The smallest absolute Gasteiger partial charge is 0.264 e. The maximum Gasteiger partial charge on any atom is 0.264 e. The van der Waals surface area contributed by atoms with Crippen LogP contribution in [0.1, 0.15) is 12.0 Å². The molecule has 0 radical (unpaired) electrons. The fraction of sp³-hybridized carbons (Fsp3) is 0.238. The molecule has 0 unspecified atom stereocenters. The van der Waals surface area contributed by atoms with Crippen molar-refractivity contribution in [3.05, 3.63) is 77.8 Å². The molecule has 0 aliphatic carbocycles. The van der Waals surface area contributed by atoms with Gasteiger partial charge >= 0.3 is 0 Å². The van der Waals surface area contributed by atoms with Gasteiger partial charge in [0.25, 0.3) is 10.0 Å². The zero-order valence-corrected chi connectivity index (χ0v) is 18.1. The number of hydrogen-bond acceptors (Lipinski definition) is 4. The molecule has 2 aromatic carbocycles. The third-order valence-corrected chi connectivity index (χ3v) is 6.59. The van der Waals surface area contributed by atoms with Crippen molar-refractivity contribution in [2.45, 2.75) is 24.8 Å². The monoisotopic (exact) mass is 446 g/mol. The molecule has 9 heteroatoms. The number of nitrogens with zero attached hydrogens (tertiary/aromatic N) is 3. The van der Waals surface area contributed by atoms with Crippen molar-refractivity contribution < 1.29 is 13.2 Å². The molecule has 0 fully saturated rings. The Morgan fingerprint density at radius 1 is 1.17 bits per heavy atom. The van der Waals surface area contributed by atoms with Gasteiger partial charge in [-0.1, -0.05) is 41.4 Å². The summed E-state index contributed by atoms with van der Waals surface area (Å²) < 4.78 is 29.5. The minimum atomic E-state index is -3.98.